The number of anilines is 1. The smallest absolute Gasteiger partial charge is 0.292 e. The summed E-state index contributed by atoms with van der Waals surface area (Å²) in [6, 6.07) is 3.94. The van der Waals surface area contributed by atoms with E-state index in [2.05, 4.69) is 10.3 Å². The molecular weight excluding hydrogens is 256 g/mol. The van der Waals surface area contributed by atoms with Crippen LogP contribution in [0.2, 0.25) is 0 Å². The number of nitrogens with one attached hydrogen (secondary N) is 1. The van der Waals surface area contributed by atoms with Crippen molar-refractivity contribution in [3.05, 3.63) is 33.9 Å². The summed E-state index contributed by atoms with van der Waals surface area (Å²) in [6.07, 6.45) is 0. The van der Waals surface area contributed by atoms with Gasteiger partial charge in [0, 0.05) is 17.4 Å². The molecule has 18 heavy (non-hydrogen) atoms. The number of thioether (sulfide) groups is 1. The summed E-state index contributed by atoms with van der Waals surface area (Å²) in [5, 5.41) is 13.8. The van der Waals surface area contributed by atoms with Crippen LogP contribution in [0.3, 0.4) is 0 Å². The third-order valence-electron chi connectivity index (χ3n) is 2.30. The fourth-order valence-electron chi connectivity index (χ4n) is 1.42. The van der Waals surface area contributed by atoms with Crippen LogP contribution in [-0.2, 0) is 0 Å². The second-order valence-corrected chi connectivity index (χ2v) is 4.60. The number of carbonyl (C=O) groups excluding carboxylic acids is 1. The van der Waals surface area contributed by atoms with Gasteiger partial charge >= 0.3 is 0 Å². The Morgan fingerprint density at radius 2 is 2.33 bits per heavy atom. The number of amides is 1. The first-order valence-electron chi connectivity index (χ1n) is 5.10. The Kier molecular flexibility index (Phi) is 3.47. The highest BCUT2D eigenvalue weighted by Crippen LogP contribution is 2.22. The number of hydrogen-bond acceptors (Lipinski definition) is 6. The molecule has 3 N–H and O–H groups in total. The lowest BCUT2D eigenvalue weighted by atomic mass is 10.1. The topological polar surface area (TPSA) is 111 Å². The van der Waals surface area contributed by atoms with Crippen molar-refractivity contribution < 1.29 is 9.72 Å². The van der Waals surface area contributed by atoms with E-state index in [9.17, 15) is 14.9 Å². The van der Waals surface area contributed by atoms with E-state index < -0.39 is 10.8 Å². The van der Waals surface area contributed by atoms with Crippen LogP contribution in [-0.4, -0.2) is 28.3 Å². The minimum absolute atomic E-state index is 0.0316. The van der Waals surface area contributed by atoms with Crippen LogP contribution >= 0.6 is 11.8 Å². The molecule has 0 aromatic heterocycles. The lowest BCUT2D eigenvalue weighted by Gasteiger charge is -2.04. The summed E-state index contributed by atoms with van der Waals surface area (Å²) >= 11 is 1.44. The van der Waals surface area contributed by atoms with E-state index in [4.69, 9.17) is 5.73 Å². The van der Waals surface area contributed by atoms with E-state index >= 15 is 0 Å². The Morgan fingerprint density at radius 1 is 1.56 bits per heavy atom. The number of amidine groups is 1. The molecule has 94 valence electrons. The Bertz CT molecular complexity index is 544. The van der Waals surface area contributed by atoms with Crippen LogP contribution in [0.25, 0.3) is 0 Å². The minimum atomic E-state index is -0.617. The molecule has 1 aliphatic rings. The van der Waals surface area contributed by atoms with Crippen LogP contribution in [0.4, 0.5) is 11.4 Å². The number of aliphatic imine (C=N–C) groups is 1. The van der Waals surface area contributed by atoms with E-state index in [-0.39, 0.29) is 16.9 Å². The van der Waals surface area contributed by atoms with Crippen LogP contribution < -0.4 is 11.1 Å². The largest absolute Gasteiger partial charge is 0.393 e. The number of carbonyl (C=O) groups is 1. The molecule has 1 amide bonds. The number of nitro benzene ring substituents is 1. The molecule has 8 heteroatoms. The van der Waals surface area contributed by atoms with Crippen molar-refractivity contribution >= 4 is 34.2 Å². The number of nitrogen functional groups attached to an aromatic ring is 1. The highest BCUT2D eigenvalue weighted by Gasteiger charge is 2.17. The summed E-state index contributed by atoms with van der Waals surface area (Å²) in [6.45, 7) is 0.669. The molecule has 0 unspecified atom stereocenters. The molecule has 1 heterocycles. The number of benzene rings is 1. The first kappa shape index (κ1) is 12.4. The van der Waals surface area contributed by atoms with Crippen molar-refractivity contribution in [2.45, 2.75) is 0 Å². The Labute approximate surface area is 107 Å². The van der Waals surface area contributed by atoms with Gasteiger partial charge in [-0.3, -0.25) is 19.9 Å². The van der Waals surface area contributed by atoms with Gasteiger partial charge in [-0.15, -0.1) is 0 Å². The van der Waals surface area contributed by atoms with Gasteiger partial charge in [-0.05, 0) is 12.1 Å². The monoisotopic (exact) mass is 266 g/mol. The van der Waals surface area contributed by atoms with Crippen molar-refractivity contribution in [3.63, 3.8) is 0 Å². The highest BCUT2D eigenvalue weighted by atomic mass is 32.2. The van der Waals surface area contributed by atoms with Crippen LogP contribution in [0.5, 0.6) is 0 Å². The van der Waals surface area contributed by atoms with E-state index in [1.165, 1.54) is 23.9 Å². The fraction of sp³-hybridized carbons (Fsp3) is 0.200. The Hall–Kier alpha value is -2.09. The maximum Gasteiger partial charge on any atom is 0.292 e. The van der Waals surface area contributed by atoms with Crippen molar-refractivity contribution in [2.75, 3.05) is 18.0 Å². The molecule has 7 nitrogen and oxygen atoms in total. The van der Waals surface area contributed by atoms with Gasteiger partial charge in [0.1, 0.15) is 5.69 Å². The molecule has 0 fully saturated rings. The SMILES string of the molecule is Nc1ccc(C(=O)NC2=NCCS2)cc1[N+](=O)[O-]. The van der Waals surface area contributed by atoms with Crippen molar-refractivity contribution in [1.82, 2.24) is 5.32 Å². The van der Waals surface area contributed by atoms with Crippen LogP contribution in [0, 0.1) is 10.1 Å². The van der Waals surface area contributed by atoms with E-state index in [0.717, 1.165) is 11.8 Å². The zero-order chi connectivity index (χ0) is 13.1. The van der Waals surface area contributed by atoms with Gasteiger partial charge in [-0.1, -0.05) is 11.8 Å². The predicted molar refractivity (Wildman–Crippen MR) is 69.7 cm³/mol. The molecule has 1 aromatic rings. The molecule has 0 saturated carbocycles. The van der Waals surface area contributed by atoms with Gasteiger partial charge in [0.15, 0.2) is 5.17 Å². The standard InChI is InChI=1S/C10H10N4O3S/c11-7-2-1-6(5-8(7)14(16)17)9(15)13-10-12-3-4-18-10/h1-2,5H,3-4,11H2,(H,12,13,15). The summed E-state index contributed by atoms with van der Waals surface area (Å²) in [5.74, 6) is 0.406. The average Bonchev–Trinajstić information content (AvgIpc) is 2.81. The minimum Gasteiger partial charge on any atom is -0.393 e. The lowest BCUT2D eigenvalue weighted by Crippen LogP contribution is -2.27. The van der Waals surface area contributed by atoms with Crippen molar-refractivity contribution in [3.8, 4) is 0 Å². The van der Waals surface area contributed by atoms with Gasteiger partial charge in [0.05, 0.1) is 11.5 Å². The molecule has 0 atom stereocenters. The molecule has 0 radical (unpaired) electrons. The number of hydrogen-bond donors (Lipinski definition) is 2. The molecule has 0 spiro atoms. The molecule has 2 rings (SSSR count). The summed E-state index contributed by atoms with van der Waals surface area (Å²) in [4.78, 5) is 26.0. The number of nitrogens with zero attached hydrogens (tertiary/aromatic N) is 2. The number of nitro groups is 1. The van der Waals surface area contributed by atoms with Crippen LogP contribution in [0.15, 0.2) is 23.2 Å². The first-order chi connectivity index (χ1) is 8.58. The van der Waals surface area contributed by atoms with Gasteiger partial charge in [-0.2, -0.15) is 0 Å². The lowest BCUT2D eigenvalue weighted by molar-refractivity contribution is -0.383. The fourth-order valence-corrected chi connectivity index (χ4v) is 2.15. The second-order valence-electron chi connectivity index (χ2n) is 3.52. The summed E-state index contributed by atoms with van der Waals surface area (Å²) in [7, 11) is 0. The van der Waals surface area contributed by atoms with Gasteiger partial charge in [0.2, 0.25) is 0 Å². The van der Waals surface area contributed by atoms with Crippen molar-refractivity contribution in [2.24, 2.45) is 4.99 Å². The molecule has 0 saturated heterocycles. The molecule has 0 bridgehead atoms. The highest BCUT2D eigenvalue weighted by molar-refractivity contribution is 8.14. The molecule has 1 aliphatic heterocycles. The summed E-state index contributed by atoms with van der Waals surface area (Å²) < 4.78 is 0. The zero-order valence-corrected chi connectivity index (χ0v) is 10.1. The predicted octanol–water partition coefficient (Wildman–Crippen LogP) is 1.01. The van der Waals surface area contributed by atoms with Crippen LogP contribution in [0.1, 0.15) is 10.4 Å². The zero-order valence-electron chi connectivity index (χ0n) is 9.25. The number of nitrogens with two attached hydrogens (primary N) is 1. The number of rotatable bonds is 2. The van der Waals surface area contributed by atoms with Gasteiger partial charge < -0.3 is 11.1 Å². The second kappa shape index (κ2) is 5.05. The maximum absolute atomic E-state index is 11.8. The van der Waals surface area contributed by atoms with Gasteiger partial charge in [0.25, 0.3) is 11.6 Å². The van der Waals surface area contributed by atoms with E-state index in [1.807, 2.05) is 0 Å². The van der Waals surface area contributed by atoms with E-state index in [1.54, 1.807) is 0 Å². The molecular formula is C10H10N4O3S. The van der Waals surface area contributed by atoms with Crippen molar-refractivity contribution in [1.29, 1.82) is 0 Å². The molecule has 0 aliphatic carbocycles. The Balaban J connectivity index is 2.20. The normalized spacial score (nSPS) is 14.1. The Morgan fingerprint density at radius 3 is 2.94 bits per heavy atom. The molecule has 1 aromatic carbocycles. The summed E-state index contributed by atoms with van der Waals surface area (Å²) in [5.41, 5.74) is 5.40. The maximum atomic E-state index is 11.8. The quantitative estimate of drug-likeness (QED) is 0.471. The average molecular weight is 266 g/mol. The van der Waals surface area contributed by atoms with Gasteiger partial charge in [-0.25, -0.2) is 0 Å². The third kappa shape index (κ3) is 2.59. The first-order valence-corrected chi connectivity index (χ1v) is 6.09. The van der Waals surface area contributed by atoms with E-state index in [0.29, 0.717) is 11.7 Å². The third-order valence-corrected chi connectivity index (χ3v) is 3.19.